The Morgan fingerprint density at radius 2 is 1.83 bits per heavy atom. The van der Waals surface area contributed by atoms with Gasteiger partial charge < -0.3 is 5.73 Å². The number of benzene rings is 1. The number of nitrogens with zero attached hydrogens (tertiary/aromatic N) is 2. The van der Waals surface area contributed by atoms with Crippen LogP contribution in [0.4, 0.5) is 10.8 Å². The molecule has 2 aromatic rings. The smallest absolute Gasteiger partial charge is 0.399 e. The van der Waals surface area contributed by atoms with Gasteiger partial charge in [-0.05, 0) is 31.2 Å². The molecule has 1 heterocycles. The first-order chi connectivity index (χ1) is 7.97. The quantitative estimate of drug-likeness (QED) is 0.619. The number of nitrogens with one attached hydrogen (secondary N) is 1. The van der Waals surface area contributed by atoms with Crippen LogP contribution in [0.25, 0.3) is 0 Å². The minimum absolute atomic E-state index is 0. The fourth-order valence-electron chi connectivity index (χ4n) is 1.16. The molecule has 1 aromatic heterocycles. The summed E-state index contributed by atoms with van der Waals surface area (Å²) in [6.45, 7) is 1.75. The van der Waals surface area contributed by atoms with E-state index in [1.807, 2.05) is 0 Å². The third kappa shape index (κ3) is 3.53. The molecule has 0 bridgehead atoms. The molecule has 3 N–H and O–H groups in total. The van der Waals surface area contributed by atoms with E-state index in [1.165, 1.54) is 35.6 Å². The molecule has 2 rings (SSSR count). The van der Waals surface area contributed by atoms with E-state index >= 15 is 0 Å². The molecule has 0 aliphatic rings. The molecule has 6 nitrogen and oxygen atoms in total. The minimum Gasteiger partial charge on any atom is -0.399 e. The number of nitrogen functional groups attached to an aromatic ring is 1. The summed E-state index contributed by atoms with van der Waals surface area (Å²) >= 11 is 1.18. The largest absolute Gasteiger partial charge is 1.00 e. The first-order valence-corrected chi connectivity index (χ1v) is 6.96. The summed E-state index contributed by atoms with van der Waals surface area (Å²) in [6.07, 6.45) is 0. The molecule has 18 heavy (non-hydrogen) atoms. The second-order valence-electron chi connectivity index (χ2n) is 3.30. The number of anilines is 2. The second-order valence-corrected chi connectivity index (χ2v) is 6.16. The molecule has 0 aliphatic carbocycles. The predicted octanol–water partition coefficient (Wildman–Crippen LogP) is 1.23. The van der Waals surface area contributed by atoms with Crippen LogP contribution in [0.1, 0.15) is 5.01 Å². The molecular weight excluding hydrogens is 368 g/mol. The van der Waals surface area contributed by atoms with Crippen molar-refractivity contribution < 1.29 is 30.8 Å². The second kappa shape index (κ2) is 5.81. The number of aryl methyl sites for hydroxylation is 1. The summed E-state index contributed by atoms with van der Waals surface area (Å²) in [5, 5.41) is 8.37. The average Bonchev–Trinajstić information content (AvgIpc) is 2.63. The molecule has 9 heteroatoms. The van der Waals surface area contributed by atoms with Crippen molar-refractivity contribution in [2.24, 2.45) is 0 Å². The standard InChI is InChI=1S/C9H10N4O2S2.Ag/c1-6-11-12-9(16-6)13-17(14,15)8-4-2-7(10)3-5-8;/h2-5H,10H2,1H3,(H,12,13);/q;+1. The third-order valence-corrected chi connectivity index (χ3v) is 4.18. The first-order valence-electron chi connectivity index (χ1n) is 4.66. The Balaban J connectivity index is 0.00000162. The third-order valence-electron chi connectivity index (χ3n) is 1.94. The zero-order chi connectivity index (χ0) is 12.5. The van der Waals surface area contributed by atoms with E-state index in [2.05, 4.69) is 14.9 Å². The van der Waals surface area contributed by atoms with Crippen molar-refractivity contribution in [3.05, 3.63) is 29.3 Å². The SMILES string of the molecule is Cc1nnc(NS(=O)(=O)c2ccc(N)cc2)s1.[Ag+]. The van der Waals surface area contributed by atoms with Gasteiger partial charge in [0.05, 0.1) is 4.90 Å². The molecule has 0 spiro atoms. The molecule has 0 amide bonds. The Morgan fingerprint density at radius 1 is 1.22 bits per heavy atom. The maximum atomic E-state index is 11.9. The summed E-state index contributed by atoms with van der Waals surface area (Å²) in [5.74, 6) is 0. The maximum absolute atomic E-state index is 11.9. The maximum Gasteiger partial charge on any atom is 1.00 e. The zero-order valence-electron chi connectivity index (χ0n) is 9.22. The number of nitrogens with two attached hydrogens (primary N) is 1. The number of aromatic nitrogens is 2. The Labute approximate surface area is 124 Å². The van der Waals surface area contributed by atoms with Crippen molar-refractivity contribution in [2.45, 2.75) is 11.8 Å². The van der Waals surface area contributed by atoms with Crippen molar-refractivity contribution >= 4 is 32.2 Å². The Hall–Kier alpha value is -0.930. The molecule has 1 aromatic carbocycles. The summed E-state index contributed by atoms with van der Waals surface area (Å²) in [7, 11) is -3.61. The van der Waals surface area contributed by atoms with Gasteiger partial charge in [-0.25, -0.2) is 8.42 Å². The summed E-state index contributed by atoms with van der Waals surface area (Å²) in [4.78, 5) is 0.138. The number of rotatable bonds is 3. The molecule has 0 fully saturated rings. The molecule has 0 aliphatic heterocycles. The van der Waals surface area contributed by atoms with Crippen molar-refractivity contribution in [1.82, 2.24) is 10.2 Å². The van der Waals surface area contributed by atoms with Gasteiger partial charge in [-0.3, -0.25) is 4.72 Å². The fraction of sp³-hybridized carbons (Fsp3) is 0.111. The number of sulfonamides is 1. The topological polar surface area (TPSA) is 98.0 Å². The Bertz CT molecular complexity index is 624. The summed E-state index contributed by atoms with van der Waals surface area (Å²) in [5.41, 5.74) is 6.00. The van der Waals surface area contributed by atoms with E-state index in [0.29, 0.717) is 10.7 Å². The van der Waals surface area contributed by atoms with Crippen LogP contribution < -0.4 is 10.5 Å². The fourth-order valence-corrected chi connectivity index (χ4v) is 2.98. The Morgan fingerprint density at radius 3 is 2.33 bits per heavy atom. The van der Waals surface area contributed by atoms with Crippen LogP contribution >= 0.6 is 11.3 Å². The van der Waals surface area contributed by atoms with Crippen molar-refractivity contribution in [3.8, 4) is 0 Å². The van der Waals surface area contributed by atoms with Crippen LogP contribution in [0.3, 0.4) is 0 Å². The van der Waals surface area contributed by atoms with E-state index < -0.39 is 10.0 Å². The van der Waals surface area contributed by atoms with Crippen molar-refractivity contribution in [1.29, 1.82) is 0 Å². The van der Waals surface area contributed by atoms with Gasteiger partial charge >= 0.3 is 22.4 Å². The van der Waals surface area contributed by atoms with E-state index in [1.54, 1.807) is 6.92 Å². The van der Waals surface area contributed by atoms with Crippen LogP contribution in [0.5, 0.6) is 0 Å². The van der Waals surface area contributed by atoms with Gasteiger partial charge in [0.25, 0.3) is 10.0 Å². The van der Waals surface area contributed by atoms with Crippen LogP contribution in [0.2, 0.25) is 0 Å². The van der Waals surface area contributed by atoms with Gasteiger partial charge in [0.2, 0.25) is 5.13 Å². The van der Waals surface area contributed by atoms with Crippen molar-refractivity contribution in [3.63, 3.8) is 0 Å². The van der Waals surface area contributed by atoms with Gasteiger partial charge in [-0.2, -0.15) is 0 Å². The molecular formula is C9H10AgN4O2S2+. The molecule has 0 atom stereocenters. The Kier molecular flexibility index (Phi) is 4.88. The van der Waals surface area contributed by atoms with E-state index in [9.17, 15) is 8.42 Å². The monoisotopic (exact) mass is 377 g/mol. The zero-order valence-corrected chi connectivity index (χ0v) is 12.3. The average molecular weight is 378 g/mol. The number of hydrogen-bond acceptors (Lipinski definition) is 6. The van der Waals surface area contributed by atoms with Gasteiger partial charge in [-0.15, -0.1) is 10.2 Å². The van der Waals surface area contributed by atoms with E-state index in [4.69, 9.17) is 5.73 Å². The van der Waals surface area contributed by atoms with E-state index in [0.717, 1.165) is 0 Å². The molecule has 0 saturated heterocycles. The van der Waals surface area contributed by atoms with Crippen molar-refractivity contribution in [2.75, 3.05) is 10.5 Å². The summed E-state index contributed by atoms with van der Waals surface area (Å²) < 4.78 is 26.2. The van der Waals surface area contributed by atoms with Crippen LogP contribution in [-0.4, -0.2) is 18.6 Å². The van der Waals surface area contributed by atoms with Crippen LogP contribution in [0.15, 0.2) is 29.2 Å². The minimum atomic E-state index is -3.61. The predicted molar refractivity (Wildman–Crippen MR) is 66.3 cm³/mol. The van der Waals surface area contributed by atoms with Gasteiger partial charge in [0, 0.05) is 5.69 Å². The number of hydrogen-bond donors (Lipinski definition) is 2. The van der Waals surface area contributed by atoms with Crippen LogP contribution in [0, 0.1) is 6.92 Å². The molecule has 0 saturated carbocycles. The van der Waals surface area contributed by atoms with Gasteiger partial charge in [0.1, 0.15) is 5.01 Å². The molecule has 100 valence electrons. The summed E-state index contributed by atoms with van der Waals surface area (Å²) in [6, 6.07) is 5.93. The normalized spacial score (nSPS) is 10.7. The molecule has 0 radical (unpaired) electrons. The molecule has 0 unspecified atom stereocenters. The van der Waals surface area contributed by atoms with Gasteiger partial charge in [0.15, 0.2) is 0 Å². The van der Waals surface area contributed by atoms with Gasteiger partial charge in [-0.1, -0.05) is 11.3 Å². The first kappa shape index (κ1) is 15.1. The van der Waals surface area contributed by atoms with E-state index in [-0.39, 0.29) is 32.4 Å². The van der Waals surface area contributed by atoms with Crippen LogP contribution in [-0.2, 0) is 32.4 Å².